The minimum absolute atomic E-state index is 0.0704. The fourth-order valence-corrected chi connectivity index (χ4v) is 1.64. The van der Waals surface area contributed by atoms with E-state index in [-0.39, 0.29) is 19.0 Å². The molecule has 0 atom stereocenters. The van der Waals surface area contributed by atoms with Crippen LogP contribution >= 0.6 is 0 Å². The average Bonchev–Trinajstić information content (AvgIpc) is 2.26. The molecule has 0 radical (unpaired) electrons. The molecule has 0 aromatic rings. The van der Waals surface area contributed by atoms with Crippen molar-refractivity contribution in [3.63, 3.8) is 0 Å². The lowest BCUT2D eigenvalue weighted by molar-refractivity contribution is -0.137. The van der Waals surface area contributed by atoms with Gasteiger partial charge in [-0.15, -0.1) is 13.2 Å². The Bertz CT molecular complexity index is 335. The van der Waals surface area contributed by atoms with Crippen molar-refractivity contribution in [1.82, 2.24) is 9.80 Å². The van der Waals surface area contributed by atoms with Crippen molar-refractivity contribution in [3.8, 4) is 0 Å². The van der Waals surface area contributed by atoms with Gasteiger partial charge in [0.1, 0.15) is 0 Å². The molecular weight excluding hydrogens is 244 g/mol. The van der Waals surface area contributed by atoms with Crippen molar-refractivity contribution >= 4 is 12.0 Å². The third-order valence-electron chi connectivity index (χ3n) is 2.56. The van der Waals surface area contributed by atoms with E-state index in [9.17, 15) is 9.59 Å². The highest BCUT2D eigenvalue weighted by Crippen LogP contribution is 2.16. The van der Waals surface area contributed by atoms with Crippen LogP contribution in [0.15, 0.2) is 25.3 Å². The van der Waals surface area contributed by atoms with Crippen molar-refractivity contribution in [3.05, 3.63) is 25.3 Å². The van der Waals surface area contributed by atoms with Gasteiger partial charge in [0.2, 0.25) is 0 Å². The molecule has 0 aliphatic rings. The summed E-state index contributed by atoms with van der Waals surface area (Å²) >= 11 is 0. The molecule has 0 aliphatic carbocycles. The van der Waals surface area contributed by atoms with E-state index in [1.807, 2.05) is 20.8 Å². The summed E-state index contributed by atoms with van der Waals surface area (Å²) in [6, 6.07) is -0.200. The maximum absolute atomic E-state index is 12.4. The van der Waals surface area contributed by atoms with Crippen LogP contribution in [0.2, 0.25) is 0 Å². The van der Waals surface area contributed by atoms with Crippen LogP contribution in [0.3, 0.4) is 0 Å². The number of hydrogen-bond acceptors (Lipinski definition) is 2. The largest absolute Gasteiger partial charge is 0.481 e. The molecule has 0 saturated carbocycles. The number of aliphatic carboxylic acids is 1. The first kappa shape index (κ1) is 17.2. The van der Waals surface area contributed by atoms with Crippen LogP contribution in [0.1, 0.15) is 27.2 Å². The van der Waals surface area contributed by atoms with E-state index in [0.29, 0.717) is 13.1 Å². The Morgan fingerprint density at radius 1 is 1.16 bits per heavy atom. The topological polar surface area (TPSA) is 60.9 Å². The van der Waals surface area contributed by atoms with Crippen LogP contribution in [0, 0.1) is 0 Å². The Hall–Kier alpha value is -1.78. The van der Waals surface area contributed by atoms with Gasteiger partial charge in [-0.1, -0.05) is 12.2 Å². The summed E-state index contributed by atoms with van der Waals surface area (Å²) in [5.74, 6) is -0.916. The van der Waals surface area contributed by atoms with Gasteiger partial charge in [-0.05, 0) is 20.8 Å². The molecule has 5 nitrogen and oxygen atoms in total. The van der Waals surface area contributed by atoms with Crippen molar-refractivity contribution in [2.24, 2.45) is 0 Å². The van der Waals surface area contributed by atoms with Crippen LogP contribution in [-0.4, -0.2) is 52.1 Å². The third-order valence-corrected chi connectivity index (χ3v) is 2.56. The van der Waals surface area contributed by atoms with Gasteiger partial charge in [-0.25, -0.2) is 4.79 Å². The Kier molecular flexibility index (Phi) is 6.90. The fourth-order valence-electron chi connectivity index (χ4n) is 1.64. The summed E-state index contributed by atoms with van der Waals surface area (Å²) in [5, 5.41) is 8.77. The molecule has 0 heterocycles. The Labute approximate surface area is 115 Å². The van der Waals surface area contributed by atoms with Gasteiger partial charge in [-0.2, -0.15) is 0 Å². The van der Waals surface area contributed by atoms with E-state index in [1.54, 1.807) is 22.0 Å². The minimum Gasteiger partial charge on any atom is -0.481 e. The second-order valence-corrected chi connectivity index (χ2v) is 5.23. The SMILES string of the molecule is C=CCN(CC=C)C(=O)N(CCC(=O)O)C(C)(C)C. The number of nitrogens with zero attached hydrogens (tertiary/aromatic N) is 2. The van der Waals surface area contributed by atoms with Crippen molar-refractivity contribution in [2.45, 2.75) is 32.7 Å². The summed E-state index contributed by atoms with van der Waals surface area (Å²) in [4.78, 5) is 26.3. The van der Waals surface area contributed by atoms with Gasteiger partial charge in [0.25, 0.3) is 0 Å². The molecule has 0 aromatic heterocycles. The Balaban J connectivity index is 5.00. The molecule has 2 amide bonds. The van der Waals surface area contributed by atoms with Crippen LogP contribution in [0.25, 0.3) is 0 Å². The monoisotopic (exact) mass is 268 g/mol. The predicted molar refractivity (Wildman–Crippen MR) is 76.1 cm³/mol. The molecule has 0 aliphatic heterocycles. The fraction of sp³-hybridized carbons (Fsp3) is 0.571. The average molecular weight is 268 g/mol. The number of carboxylic acids is 1. The van der Waals surface area contributed by atoms with E-state index in [1.165, 1.54) is 0 Å². The smallest absolute Gasteiger partial charge is 0.321 e. The first-order valence-corrected chi connectivity index (χ1v) is 6.24. The summed E-state index contributed by atoms with van der Waals surface area (Å²) in [6.45, 7) is 13.9. The normalized spacial score (nSPS) is 10.7. The van der Waals surface area contributed by atoms with Gasteiger partial charge in [0, 0.05) is 25.2 Å². The van der Waals surface area contributed by atoms with E-state index >= 15 is 0 Å². The van der Waals surface area contributed by atoms with Gasteiger partial charge in [0.15, 0.2) is 0 Å². The van der Waals surface area contributed by atoms with E-state index in [2.05, 4.69) is 13.2 Å². The minimum atomic E-state index is -0.916. The third kappa shape index (κ3) is 6.08. The molecule has 0 saturated heterocycles. The number of carbonyl (C=O) groups excluding carboxylic acids is 1. The summed E-state index contributed by atoms with van der Waals surface area (Å²) in [7, 11) is 0. The van der Waals surface area contributed by atoms with Crippen molar-refractivity contribution in [1.29, 1.82) is 0 Å². The zero-order chi connectivity index (χ0) is 15.1. The van der Waals surface area contributed by atoms with Crippen molar-refractivity contribution < 1.29 is 14.7 Å². The second kappa shape index (κ2) is 7.61. The van der Waals surface area contributed by atoms with Gasteiger partial charge < -0.3 is 14.9 Å². The zero-order valence-corrected chi connectivity index (χ0v) is 12.1. The van der Waals surface area contributed by atoms with Gasteiger partial charge in [-0.3, -0.25) is 4.79 Å². The summed E-state index contributed by atoms with van der Waals surface area (Å²) in [6.07, 6.45) is 3.21. The molecule has 19 heavy (non-hydrogen) atoms. The first-order chi connectivity index (χ1) is 8.73. The van der Waals surface area contributed by atoms with Crippen LogP contribution < -0.4 is 0 Å². The molecule has 1 N–H and O–H groups in total. The lowest BCUT2D eigenvalue weighted by Crippen LogP contribution is -2.52. The number of carboxylic acid groups (broad SMARTS) is 1. The number of rotatable bonds is 7. The second-order valence-electron chi connectivity index (χ2n) is 5.23. The van der Waals surface area contributed by atoms with Crippen LogP contribution in [-0.2, 0) is 4.79 Å². The standard InChI is InChI=1S/C14H24N2O3/c1-6-9-15(10-7-2)13(19)16(14(3,4)5)11-8-12(17)18/h6-7H,1-2,8-11H2,3-5H3,(H,17,18). The summed E-state index contributed by atoms with van der Waals surface area (Å²) < 4.78 is 0. The van der Waals surface area contributed by atoms with E-state index < -0.39 is 11.5 Å². The van der Waals surface area contributed by atoms with E-state index in [0.717, 1.165) is 0 Å². The highest BCUT2D eigenvalue weighted by atomic mass is 16.4. The number of urea groups is 1. The van der Waals surface area contributed by atoms with Gasteiger partial charge in [0.05, 0.1) is 6.42 Å². The zero-order valence-electron chi connectivity index (χ0n) is 12.1. The molecule has 0 aromatic carbocycles. The van der Waals surface area contributed by atoms with Crippen molar-refractivity contribution in [2.75, 3.05) is 19.6 Å². The maximum atomic E-state index is 12.4. The lowest BCUT2D eigenvalue weighted by atomic mass is 10.1. The maximum Gasteiger partial charge on any atom is 0.321 e. The molecule has 0 unspecified atom stereocenters. The molecule has 0 bridgehead atoms. The molecule has 0 rings (SSSR count). The Morgan fingerprint density at radius 2 is 1.63 bits per heavy atom. The van der Waals surface area contributed by atoms with Gasteiger partial charge >= 0.3 is 12.0 Å². The number of amides is 2. The first-order valence-electron chi connectivity index (χ1n) is 6.24. The highest BCUT2D eigenvalue weighted by molar-refractivity contribution is 5.76. The van der Waals surface area contributed by atoms with E-state index in [4.69, 9.17) is 5.11 Å². The quantitative estimate of drug-likeness (QED) is 0.721. The Morgan fingerprint density at radius 3 is 1.95 bits per heavy atom. The molecule has 0 spiro atoms. The molecule has 108 valence electrons. The summed E-state index contributed by atoms with van der Waals surface area (Å²) in [5.41, 5.74) is -0.437. The lowest BCUT2D eigenvalue weighted by Gasteiger charge is -2.38. The predicted octanol–water partition coefficient (Wildman–Crippen LogP) is 2.36. The molecule has 0 fully saturated rings. The van der Waals surface area contributed by atoms with Crippen LogP contribution in [0.4, 0.5) is 4.79 Å². The number of hydrogen-bond donors (Lipinski definition) is 1. The number of carbonyl (C=O) groups is 2. The molecule has 5 heteroatoms. The molecular formula is C14H24N2O3. The highest BCUT2D eigenvalue weighted by Gasteiger charge is 2.29. The van der Waals surface area contributed by atoms with Crippen LogP contribution in [0.5, 0.6) is 0 Å².